The van der Waals surface area contributed by atoms with Crippen LogP contribution in [0, 0.1) is 66.0 Å². The van der Waals surface area contributed by atoms with E-state index in [4.69, 9.17) is 4.74 Å². The molecule has 0 radical (unpaired) electrons. The van der Waals surface area contributed by atoms with E-state index < -0.39 is 0 Å². The third-order valence-corrected chi connectivity index (χ3v) is 18.5. The lowest BCUT2D eigenvalue weighted by Crippen LogP contribution is -2.59. The number of hydrogen-bond donors (Lipinski definition) is 2. The summed E-state index contributed by atoms with van der Waals surface area (Å²) in [5.41, 5.74) is 5.02. The molecular formula is C92H202N10O. The average Bonchev–Trinajstić information content (AvgIpc) is 1.84. The molecule has 7 aliphatic rings. The third-order valence-electron chi connectivity index (χ3n) is 18.5. The smallest absolute Gasteiger partial charge is 0.0594 e. The maximum Gasteiger partial charge on any atom is 0.0594 e. The Labute approximate surface area is 653 Å². The van der Waals surface area contributed by atoms with Crippen LogP contribution in [-0.2, 0) is 4.74 Å². The van der Waals surface area contributed by atoms with Crippen LogP contribution in [0.25, 0.3) is 0 Å². The first-order chi connectivity index (χ1) is 45.8. The first-order valence-electron chi connectivity index (χ1n) is 42.6. The molecular weight excluding hydrogens is 1260 g/mol. The molecule has 103 heavy (non-hydrogen) atoms. The fourth-order valence-electron chi connectivity index (χ4n) is 15.5. The average molecular weight is 1460 g/mol. The van der Waals surface area contributed by atoms with Gasteiger partial charge in [-0.3, -0.25) is 9.80 Å². The normalized spacial score (nSPS) is 22.6. The highest BCUT2D eigenvalue weighted by Crippen LogP contribution is 2.33. The van der Waals surface area contributed by atoms with Gasteiger partial charge in [-0.15, -0.1) is 0 Å². The van der Waals surface area contributed by atoms with Crippen molar-refractivity contribution in [2.75, 3.05) is 171 Å². The Bertz CT molecular complexity index is 1870. The molecule has 0 bridgehead atoms. The molecule has 7 aliphatic heterocycles. The summed E-state index contributed by atoms with van der Waals surface area (Å²) in [5.74, 6) is 1.91. The van der Waals surface area contributed by atoms with Crippen LogP contribution in [0.4, 0.5) is 0 Å². The van der Waals surface area contributed by atoms with Crippen molar-refractivity contribution < 1.29 is 4.74 Å². The second kappa shape index (κ2) is 51.2. The van der Waals surface area contributed by atoms with Gasteiger partial charge in [0.05, 0.1) is 13.2 Å². The monoisotopic (exact) mass is 1460 g/mol. The van der Waals surface area contributed by atoms with E-state index in [2.05, 4.69) is 334 Å². The Morgan fingerprint density at radius 1 is 0.379 bits per heavy atom. The summed E-state index contributed by atoms with van der Waals surface area (Å²) in [6.45, 7) is 119. The Hall–Kier alpha value is -0.440. The zero-order chi connectivity index (χ0) is 80.2. The Morgan fingerprint density at radius 2 is 0.728 bits per heavy atom. The SMILES string of the molecule is C.CC(C)(C)C1CCCN1.CC(C)(C)CC(C)(C)C.CC(C)(C)CN1CCCC1.CC(C)(C)CN1CCCC1.CC(C)(C)CN1CCOCC1.CC1CCN(CC(C)(C)C)C1.CC1CN(C(C)(C)C)CC(C)N1.CCC1CCN(CC(C)(C)C)C1.CCN(CC)CC(C)(C)C.CN(C)CC(C)(C)C. The Kier molecular flexibility index (Phi) is 54.2. The summed E-state index contributed by atoms with van der Waals surface area (Å²) in [5, 5.41) is 7.04. The lowest BCUT2D eigenvalue weighted by Gasteiger charge is -2.43. The van der Waals surface area contributed by atoms with Gasteiger partial charge >= 0.3 is 0 Å². The lowest BCUT2D eigenvalue weighted by molar-refractivity contribution is 0.0236. The zero-order valence-electron chi connectivity index (χ0n) is 78.4. The van der Waals surface area contributed by atoms with Gasteiger partial charge in [0, 0.05) is 109 Å². The van der Waals surface area contributed by atoms with Gasteiger partial charge in [0.1, 0.15) is 0 Å². The maximum absolute atomic E-state index is 5.27. The maximum atomic E-state index is 5.27. The predicted octanol–water partition coefficient (Wildman–Crippen LogP) is 22.1. The highest BCUT2D eigenvalue weighted by molar-refractivity contribution is 4.89. The van der Waals surface area contributed by atoms with Gasteiger partial charge in [0.25, 0.3) is 0 Å². The van der Waals surface area contributed by atoms with Crippen molar-refractivity contribution in [3.8, 4) is 0 Å². The Morgan fingerprint density at radius 3 is 0.951 bits per heavy atom. The van der Waals surface area contributed by atoms with E-state index >= 15 is 0 Å². The van der Waals surface area contributed by atoms with Crippen LogP contribution >= 0.6 is 0 Å². The highest BCUT2D eigenvalue weighted by Gasteiger charge is 2.31. The molecule has 7 saturated heterocycles. The van der Waals surface area contributed by atoms with E-state index in [-0.39, 0.29) is 7.43 Å². The van der Waals surface area contributed by atoms with Gasteiger partial charge in [-0.25, -0.2) is 0 Å². The van der Waals surface area contributed by atoms with Gasteiger partial charge in [-0.05, 0) is 231 Å². The summed E-state index contributed by atoms with van der Waals surface area (Å²) in [7, 11) is 4.20. The topological polar surface area (TPSA) is 59.2 Å². The fraction of sp³-hybridized carbons (Fsp3) is 1.00. The summed E-state index contributed by atoms with van der Waals surface area (Å²) < 4.78 is 5.27. The summed E-state index contributed by atoms with van der Waals surface area (Å²) in [6, 6.07) is 2.03. The largest absolute Gasteiger partial charge is 0.379 e. The van der Waals surface area contributed by atoms with Gasteiger partial charge in [-0.2, -0.15) is 0 Å². The van der Waals surface area contributed by atoms with Crippen LogP contribution in [0.1, 0.15) is 342 Å². The first kappa shape index (κ1) is 109. The van der Waals surface area contributed by atoms with Crippen LogP contribution < -0.4 is 10.6 Å². The summed E-state index contributed by atoms with van der Waals surface area (Å²) >= 11 is 0. The van der Waals surface area contributed by atoms with Crippen molar-refractivity contribution in [3.05, 3.63) is 0 Å². The van der Waals surface area contributed by atoms with E-state index in [1.807, 2.05) is 0 Å². The molecule has 0 spiro atoms. The number of rotatable bonds is 10. The molecule has 0 aromatic carbocycles. The second-order valence-electron chi connectivity index (χ2n) is 46.3. The molecule has 5 atom stereocenters. The van der Waals surface area contributed by atoms with Crippen LogP contribution in [0.3, 0.4) is 0 Å². The molecule has 0 aromatic rings. The van der Waals surface area contributed by atoms with Crippen molar-refractivity contribution in [3.63, 3.8) is 0 Å². The van der Waals surface area contributed by atoms with E-state index in [0.29, 0.717) is 71.8 Å². The van der Waals surface area contributed by atoms with E-state index in [0.717, 1.165) is 50.7 Å². The van der Waals surface area contributed by atoms with Crippen LogP contribution in [0.2, 0.25) is 0 Å². The minimum absolute atomic E-state index is 0. The lowest BCUT2D eigenvalue weighted by atomic mass is 9.78. The highest BCUT2D eigenvalue weighted by atomic mass is 16.5. The minimum atomic E-state index is 0. The second-order valence-corrected chi connectivity index (χ2v) is 46.3. The van der Waals surface area contributed by atoms with Crippen LogP contribution in [0.15, 0.2) is 0 Å². The van der Waals surface area contributed by atoms with Gasteiger partial charge in [0.15, 0.2) is 0 Å². The molecule has 2 N–H and O–H groups in total. The number of likely N-dealkylation sites (tertiary alicyclic amines) is 4. The predicted molar refractivity (Wildman–Crippen MR) is 470 cm³/mol. The summed E-state index contributed by atoms with van der Waals surface area (Å²) in [4.78, 5) is 20.0. The number of nitrogens with zero attached hydrogens (tertiary/aromatic N) is 8. The van der Waals surface area contributed by atoms with Crippen molar-refractivity contribution >= 4 is 0 Å². The molecule has 11 nitrogen and oxygen atoms in total. The third kappa shape index (κ3) is 72.8. The molecule has 7 heterocycles. The number of nitrogens with one attached hydrogen (secondary N) is 2. The fourth-order valence-corrected chi connectivity index (χ4v) is 15.5. The number of piperazine rings is 1. The molecule has 11 heteroatoms. The molecule has 0 aliphatic carbocycles. The molecule has 626 valence electrons. The van der Waals surface area contributed by atoms with E-state index in [9.17, 15) is 0 Å². The molecule has 0 amide bonds. The number of ether oxygens (including phenoxy) is 1. The standard InChI is InChI=1S/C11H23N.C10H22N2.C10H21N.C9H19NO.2C9H19N.C9H21N.C9H20.C8H17N.C7H17N.CH4/c1-5-10-6-7-12(8-10)9-11(2,3)4;1-8-6-12(10(3,4)5)7-9(2)11-8;1-9-5-6-11(7-9)8-10(2,3)4;1-9(2,3)8-10-4-6-11-7-5-10;2*1-9(2,3)8-10-6-4-5-7-10;1-6-10(7-2)8-9(3,4)5;1-8(2,3)7-9(4,5)6;1-8(2,3)7-5-4-6-9-7;1-7(2,3)6-8(4)5;/h10H,5-9H2,1-4H3;8-9,11H,6-7H2,1-5H3;9H,5-8H2,1-4H3;4-8H2,1-3H3;2*4-8H2,1-3H3;6-8H2,1-5H3;7H2,1-6H3;7,9H,4-6H2,1-3H3;6H2,1-5H3;1H4. The van der Waals surface area contributed by atoms with Crippen molar-refractivity contribution in [2.45, 2.75) is 365 Å². The zero-order valence-corrected chi connectivity index (χ0v) is 78.4. The molecule has 5 unspecified atom stereocenters. The van der Waals surface area contributed by atoms with Crippen LogP contribution in [-0.4, -0.2) is 234 Å². The van der Waals surface area contributed by atoms with Crippen molar-refractivity contribution in [1.29, 1.82) is 0 Å². The Balaban J connectivity index is -0.000000529. The van der Waals surface area contributed by atoms with Gasteiger partial charge in [-0.1, -0.05) is 249 Å². The van der Waals surface area contributed by atoms with E-state index in [1.54, 1.807) is 0 Å². The quantitative estimate of drug-likeness (QED) is 0.220. The van der Waals surface area contributed by atoms with Crippen molar-refractivity contribution in [1.82, 2.24) is 49.8 Å². The number of morpholine rings is 1. The van der Waals surface area contributed by atoms with E-state index in [1.165, 1.54) is 189 Å². The van der Waals surface area contributed by atoms with Crippen LogP contribution in [0.5, 0.6) is 0 Å². The molecule has 7 fully saturated rings. The number of hydrogen-bond acceptors (Lipinski definition) is 11. The first-order valence-corrected chi connectivity index (χ1v) is 42.6. The van der Waals surface area contributed by atoms with Crippen molar-refractivity contribution in [2.24, 2.45) is 66.0 Å². The minimum Gasteiger partial charge on any atom is -0.379 e. The van der Waals surface area contributed by atoms with Gasteiger partial charge < -0.3 is 44.8 Å². The molecule has 7 rings (SSSR count). The summed E-state index contributed by atoms with van der Waals surface area (Å²) in [6.07, 6.45) is 13.9. The van der Waals surface area contributed by atoms with Gasteiger partial charge in [0.2, 0.25) is 0 Å². The molecule has 0 saturated carbocycles. The molecule has 0 aromatic heterocycles.